The molecule has 0 radical (unpaired) electrons. The van der Waals surface area contributed by atoms with Crippen LogP contribution in [0.5, 0.6) is 5.75 Å². The Morgan fingerprint density at radius 1 is 1.35 bits per heavy atom. The van der Waals surface area contributed by atoms with Gasteiger partial charge in [0.15, 0.2) is 0 Å². The summed E-state index contributed by atoms with van der Waals surface area (Å²) in [6.07, 6.45) is 0.904. The molecule has 0 aromatic heterocycles. The summed E-state index contributed by atoms with van der Waals surface area (Å²) in [7, 11) is 1.65. The highest BCUT2D eigenvalue weighted by molar-refractivity contribution is 5.78. The Hall–Kier alpha value is -1.55. The number of carbonyl (C=O) groups is 1. The number of nitrogens with one attached hydrogen (secondary N) is 2. The number of amides is 1. The van der Waals surface area contributed by atoms with Crippen molar-refractivity contribution in [3.63, 3.8) is 0 Å². The standard InChI is InChI=1S/C16H26N2O2/c1-6-16(3,4)18-15(19)11-17-12(2)13-9-7-8-10-14(13)20-5/h7-10,12,17H,6,11H2,1-5H3,(H,18,19)/t12-/m1/s1. The molecular weight excluding hydrogens is 252 g/mol. The van der Waals surface area contributed by atoms with Gasteiger partial charge in [0, 0.05) is 17.1 Å². The summed E-state index contributed by atoms with van der Waals surface area (Å²) in [5, 5.41) is 6.24. The molecule has 0 heterocycles. The van der Waals surface area contributed by atoms with Gasteiger partial charge in [-0.1, -0.05) is 25.1 Å². The van der Waals surface area contributed by atoms with E-state index >= 15 is 0 Å². The number of benzene rings is 1. The van der Waals surface area contributed by atoms with Crippen LogP contribution in [0.15, 0.2) is 24.3 Å². The first-order chi connectivity index (χ1) is 9.39. The summed E-state index contributed by atoms with van der Waals surface area (Å²) in [6, 6.07) is 7.89. The molecule has 0 aliphatic carbocycles. The number of hydrogen-bond acceptors (Lipinski definition) is 3. The van der Waals surface area contributed by atoms with E-state index < -0.39 is 0 Å². The van der Waals surface area contributed by atoms with Gasteiger partial charge in [-0.25, -0.2) is 0 Å². The van der Waals surface area contributed by atoms with Gasteiger partial charge in [0.2, 0.25) is 5.91 Å². The van der Waals surface area contributed by atoms with Gasteiger partial charge in [-0.3, -0.25) is 4.79 Å². The molecule has 0 fully saturated rings. The van der Waals surface area contributed by atoms with Crippen LogP contribution in [0, 0.1) is 0 Å². The van der Waals surface area contributed by atoms with Gasteiger partial charge in [0.05, 0.1) is 13.7 Å². The molecule has 20 heavy (non-hydrogen) atoms. The average molecular weight is 278 g/mol. The Morgan fingerprint density at radius 2 is 2.00 bits per heavy atom. The second kappa shape index (κ2) is 7.29. The van der Waals surface area contributed by atoms with Gasteiger partial charge in [-0.2, -0.15) is 0 Å². The van der Waals surface area contributed by atoms with Gasteiger partial charge < -0.3 is 15.4 Å². The van der Waals surface area contributed by atoms with E-state index in [1.165, 1.54) is 0 Å². The molecule has 112 valence electrons. The minimum absolute atomic E-state index is 0.0126. The molecule has 1 aromatic carbocycles. The van der Waals surface area contributed by atoms with Crippen molar-refractivity contribution < 1.29 is 9.53 Å². The number of methoxy groups -OCH3 is 1. The van der Waals surface area contributed by atoms with Gasteiger partial charge in [0.1, 0.15) is 5.75 Å². The van der Waals surface area contributed by atoms with Gasteiger partial charge in [-0.05, 0) is 33.3 Å². The quantitative estimate of drug-likeness (QED) is 0.806. The second-order valence-corrected chi connectivity index (χ2v) is 5.63. The van der Waals surface area contributed by atoms with E-state index in [2.05, 4.69) is 17.6 Å². The van der Waals surface area contributed by atoms with Crippen LogP contribution in [0.4, 0.5) is 0 Å². The molecule has 1 rings (SSSR count). The van der Waals surface area contributed by atoms with E-state index in [9.17, 15) is 4.79 Å². The van der Waals surface area contributed by atoms with E-state index in [4.69, 9.17) is 4.74 Å². The fourth-order valence-electron chi connectivity index (χ4n) is 1.89. The average Bonchev–Trinajstić information content (AvgIpc) is 2.44. The lowest BCUT2D eigenvalue weighted by Crippen LogP contribution is -2.46. The summed E-state index contributed by atoms with van der Waals surface area (Å²) in [6.45, 7) is 8.42. The van der Waals surface area contributed by atoms with Gasteiger partial charge >= 0.3 is 0 Å². The van der Waals surface area contributed by atoms with Gasteiger partial charge in [0.25, 0.3) is 0 Å². The Balaban J connectivity index is 2.55. The van der Waals surface area contributed by atoms with Crippen LogP contribution in [0.25, 0.3) is 0 Å². The number of para-hydroxylation sites is 1. The van der Waals surface area contributed by atoms with Crippen molar-refractivity contribution in [3.8, 4) is 5.75 Å². The lowest BCUT2D eigenvalue weighted by molar-refractivity contribution is -0.122. The lowest BCUT2D eigenvalue weighted by Gasteiger charge is -2.25. The molecule has 0 saturated carbocycles. The molecule has 0 aliphatic heterocycles. The maximum atomic E-state index is 11.9. The largest absolute Gasteiger partial charge is 0.496 e. The van der Waals surface area contributed by atoms with Crippen molar-refractivity contribution in [2.45, 2.75) is 45.7 Å². The van der Waals surface area contributed by atoms with E-state index in [0.29, 0.717) is 6.54 Å². The van der Waals surface area contributed by atoms with Crippen LogP contribution in [0.3, 0.4) is 0 Å². The molecule has 1 aromatic rings. The molecule has 0 bridgehead atoms. The Morgan fingerprint density at radius 3 is 2.60 bits per heavy atom. The topological polar surface area (TPSA) is 50.4 Å². The molecule has 1 amide bonds. The van der Waals surface area contributed by atoms with Crippen molar-refractivity contribution >= 4 is 5.91 Å². The fraction of sp³-hybridized carbons (Fsp3) is 0.562. The molecule has 0 saturated heterocycles. The van der Waals surface area contributed by atoms with Crippen molar-refractivity contribution in [2.24, 2.45) is 0 Å². The summed E-state index contributed by atoms with van der Waals surface area (Å²) >= 11 is 0. The van der Waals surface area contributed by atoms with Crippen LogP contribution in [-0.2, 0) is 4.79 Å². The zero-order chi connectivity index (χ0) is 15.2. The van der Waals surface area contributed by atoms with E-state index in [1.54, 1.807) is 7.11 Å². The first kappa shape index (κ1) is 16.5. The van der Waals surface area contributed by atoms with Crippen LogP contribution in [-0.4, -0.2) is 25.1 Å². The van der Waals surface area contributed by atoms with Crippen molar-refractivity contribution in [1.29, 1.82) is 0 Å². The van der Waals surface area contributed by atoms with Crippen LogP contribution >= 0.6 is 0 Å². The van der Waals surface area contributed by atoms with Gasteiger partial charge in [-0.15, -0.1) is 0 Å². The molecule has 0 spiro atoms. The first-order valence-corrected chi connectivity index (χ1v) is 7.07. The smallest absolute Gasteiger partial charge is 0.234 e. The molecule has 4 nitrogen and oxygen atoms in total. The Labute approximate surface area is 121 Å². The molecule has 4 heteroatoms. The molecule has 0 aliphatic rings. The maximum Gasteiger partial charge on any atom is 0.234 e. The number of ether oxygens (including phenoxy) is 1. The summed E-state index contributed by atoms with van der Waals surface area (Å²) in [5.41, 5.74) is 0.893. The zero-order valence-corrected chi connectivity index (χ0v) is 13.1. The maximum absolute atomic E-state index is 11.9. The third-order valence-electron chi connectivity index (χ3n) is 3.54. The number of rotatable bonds is 7. The van der Waals surface area contributed by atoms with E-state index in [-0.39, 0.29) is 17.5 Å². The van der Waals surface area contributed by atoms with Crippen LogP contribution in [0.2, 0.25) is 0 Å². The Kier molecular flexibility index (Phi) is 6.02. The first-order valence-electron chi connectivity index (χ1n) is 7.07. The van der Waals surface area contributed by atoms with Crippen molar-refractivity contribution in [1.82, 2.24) is 10.6 Å². The van der Waals surface area contributed by atoms with Crippen LogP contribution < -0.4 is 15.4 Å². The van der Waals surface area contributed by atoms with Crippen molar-refractivity contribution in [2.75, 3.05) is 13.7 Å². The monoisotopic (exact) mass is 278 g/mol. The third kappa shape index (κ3) is 4.85. The fourth-order valence-corrected chi connectivity index (χ4v) is 1.89. The Bertz CT molecular complexity index is 444. The van der Waals surface area contributed by atoms with Crippen molar-refractivity contribution in [3.05, 3.63) is 29.8 Å². The predicted octanol–water partition coefficient (Wildman–Crippen LogP) is 2.65. The third-order valence-corrected chi connectivity index (χ3v) is 3.54. The summed E-state index contributed by atoms with van der Waals surface area (Å²) in [5.74, 6) is 0.848. The number of hydrogen-bond donors (Lipinski definition) is 2. The number of carbonyl (C=O) groups excluding carboxylic acids is 1. The van der Waals surface area contributed by atoms with E-state index in [1.807, 2.05) is 45.0 Å². The van der Waals surface area contributed by atoms with Crippen LogP contribution in [0.1, 0.15) is 45.7 Å². The van der Waals surface area contributed by atoms with E-state index in [0.717, 1.165) is 17.7 Å². The highest BCUT2D eigenvalue weighted by Gasteiger charge is 2.18. The highest BCUT2D eigenvalue weighted by atomic mass is 16.5. The summed E-state index contributed by atoms with van der Waals surface area (Å²) < 4.78 is 5.33. The lowest BCUT2D eigenvalue weighted by atomic mass is 10.0. The zero-order valence-electron chi connectivity index (χ0n) is 13.1. The normalized spacial score (nSPS) is 12.8. The SMILES string of the molecule is CCC(C)(C)NC(=O)CN[C@H](C)c1ccccc1OC. The molecule has 2 N–H and O–H groups in total. The minimum atomic E-state index is -0.160. The highest BCUT2D eigenvalue weighted by Crippen LogP contribution is 2.23. The molecule has 1 atom stereocenters. The molecule has 0 unspecified atom stereocenters. The summed E-state index contributed by atoms with van der Waals surface area (Å²) in [4.78, 5) is 11.9. The molecular formula is C16H26N2O2. The second-order valence-electron chi connectivity index (χ2n) is 5.63. The predicted molar refractivity (Wildman–Crippen MR) is 81.9 cm³/mol. The minimum Gasteiger partial charge on any atom is -0.496 e.